The molecule has 4 heteroatoms. The second kappa shape index (κ2) is 1.96. The molecule has 0 aromatic rings. The highest BCUT2D eigenvalue weighted by Gasteiger charge is 2.89. The van der Waals surface area contributed by atoms with Gasteiger partial charge in [-0.05, 0) is 35.5 Å². The fraction of sp³-hybridized carbons (Fsp3) is 0.846. The van der Waals surface area contributed by atoms with E-state index in [1.165, 1.54) is 0 Å². The summed E-state index contributed by atoms with van der Waals surface area (Å²) in [5.74, 6) is 3.48. The Hall–Kier alpha value is -0.900. The number of esters is 1. The van der Waals surface area contributed by atoms with Gasteiger partial charge in [0.25, 0.3) is 0 Å². The minimum Gasteiger partial charge on any atom is -0.435 e. The fourth-order valence-electron chi connectivity index (χ4n) is 6.64. The molecule has 88 valence electrons. The zero-order valence-corrected chi connectivity index (χ0v) is 9.02. The van der Waals surface area contributed by atoms with Crippen molar-refractivity contribution in [1.29, 1.82) is 0 Å². The van der Waals surface area contributed by atoms with Crippen molar-refractivity contribution in [2.45, 2.75) is 6.29 Å². The second-order valence-electron chi connectivity index (χ2n) is 6.85. The Morgan fingerprint density at radius 2 is 1.29 bits per heavy atom. The number of ether oxygens (including phenoxy) is 1. The smallest absolute Gasteiger partial charge is 0.312 e. The van der Waals surface area contributed by atoms with Crippen LogP contribution in [0.1, 0.15) is 0 Å². The van der Waals surface area contributed by atoms with Crippen molar-refractivity contribution >= 4 is 11.8 Å². The zero-order valence-electron chi connectivity index (χ0n) is 9.02. The summed E-state index contributed by atoms with van der Waals surface area (Å²) in [5.41, 5.74) is 0. The molecule has 0 spiro atoms. The van der Waals surface area contributed by atoms with Crippen LogP contribution in [-0.2, 0) is 14.3 Å². The van der Waals surface area contributed by atoms with Gasteiger partial charge in [-0.1, -0.05) is 0 Å². The van der Waals surface area contributed by atoms with Crippen LogP contribution >= 0.6 is 0 Å². The average molecular weight is 232 g/mol. The Kier molecular flexibility index (Phi) is 0.952. The Morgan fingerprint density at radius 3 is 1.94 bits per heavy atom. The summed E-state index contributed by atoms with van der Waals surface area (Å²) in [6.45, 7) is 0. The lowest BCUT2D eigenvalue weighted by atomic mass is 9.59. The highest BCUT2D eigenvalue weighted by atomic mass is 16.6. The summed E-state index contributed by atoms with van der Waals surface area (Å²) in [6.07, 6.45) is -0.891. The minimum absolute atomic E-state index is 0.0121. The van der Waals surface area contributed by atoms with Crippen LogP contribution in [-0.4, -0.2) is 23.1 Å². The molecular formula is C13H12O4. The quantitative estimate of drug-likeness (QED) is 0.580. The van der Waals surface area contributed by atoms with Gasteiger partial charge in [0, 0.05) is 17.8 Å². The zero-order chi connectivity index (χ0) is 11.2. The lowest BCUT2D eigenvalue weighted by molar-refractivity contribution is -0.158. The van der Waals surface area contributed by atoms with Gasteiger partial charge in [0.2, 0.25) is 6.29 Å². The van der Waals surface area contributed by atoms with Gasteiger partial charge < -0.3 is 9.84 Å². The standard InChI is InChI=1S/C13H12O4/c14-11-7-1-2(7)6-4-3(8(4)11)5(1)9-10(6)13(16)17-12(9)15/h1-10,12,15H. The highest BCUT2D eigenvalue weighted by Crippen LogP contribution is 2.86. The van der Waals surface area contributed by atoms with E-state index in [1.807, 2.05) is 0 Å². The van der Waals surface area contributed by atoms with Gasteiger partial charge in [0.1, 0.15) is 5.78 Å². The van der Waals surface area contributed by atoms with Crippen molar-refractivity contribution in [2.75, 3.05) is 0 Å². The number of Topliss-reactive ketones (excluding diaryl/α,β-unsaturated/α-hetero) is 1. The Morgan fingerprint density at radius 1 is 0.765 bits per heavy atom. The number of aliphatic hydroxyl groups excluding tert-OH is 1. The van der Waals surface area contributed by atoms with Crippen LogP contribution in [0.2, 0.25) is 0 Å². The maximum absolute atomic E-state index is 12.1. The third-order valence-electron chi connectivity index (χ3n) is 6.81. The predicted molar refractivity (Wildman–Crippen MR) is 52.0 cm³/mol. The van der Waals surface area contributed by atoms with E-state index in [9.17, 15) is 14.7 Å². The van der Waals surface area contributed by atoms with E-state index < -0.39 is 6.29 Å². The van der Waals surface area contributed by atoms with Crippen molar-refractivity contribution in [3.05, 3.63) is 0 Å². The van der Waals surface area contributed by atoms with Gasteiger partial charge in [-0.3, -0.25) is 9.59 Å². The summed E-state index contributed by atoms with van der Waals surface area (Å²) in [7, 11) is 0. The lowest BCUT2D eigenvalue weighted by Gasteiger charge is -2.42. The van der Waals surface area contributed by atoms with Crippen molar-refractivity contribution in [2.24, 2.45) is 59.2 Å². The molecule has 17 heavy (non-hydrogen) atoms. The molecule has 8 fully saturated rings. The fourth-order valence-corrected chi connectivity index (χ4v) is 6.64. The van der Waals surface area contributed by atoms with Crippen LogP contribution < -0.4 is 0 Å². The first-order valence-corrected chi connectivity index (χ1v) is 6.64. The van der Waals surface area contributed by atoms with E-state index in [1.54, 1.807) is 0 Å². The number of rotatable bonds is 0. The topological polar surface area (TPSA) is 63.6 Å². The maximum atomic E-state index is 12.1. The van der Waals surface area contributed by atoms with Crippen LogP contribution in [0, 0.1) is 59.2 Å². The number of hydrogen-bond acceptors (Lipinski definition) is 4. The maximum Gasteiger partial charge on any atom is 0.312 e. The van der Waals surface area contributed by atoms with Crippen molar-refractivity contribution in [1.82, 2.24) is 0 Å². The SMILES string of the molecule is O=C1OC(O)C2C1C1C3C4C(=O)C5C1C5C2C43. The molecule has 1 saturated heterocycles. The van der Waals surface area contributed by atoms with E-state index in [0.29, 0.717) is 41.3 Å². The summed E-state index contributed by atoms with van der Waals surface area (Å²) >= 11 is 0. The lowest BCUT2D eigenvalue weighted by Crippen LogP contribution is -2.46. The van der Waals surface area contributed by atoms with Crippen LogP contribution in [0.3, 0.4) is 0 Å². The molecule has 9 atom stereocenters. The van der Waals surface area contributed by atoms with Crippen LogP contribution in [0.25, 0.3) is 0 Å². The first kappa shape index (κ1) is 8.25. The Labute approximate surface area is 97.3 Å². The van der Waals surface area contributed by atoms with Gasteiger partial charge >= 0.3 is 5.97 Å². The second-order valence-corrected chi connectivity index (χ2v) is 6.85. The van der Waals surface area contributed by atoms with Gasteiger partial charge in [-0.25, -0.2) is 0 Å². The molecule has 0 radical (unpaired) electrons. The van der Waals surface area contributed by atoms with E-state index >= 15 is 0 Å². The summed E-state index contributed by atoms with van der Waals surface area (Å²) in [4.78, 5) is 23.9. The normalized spacial score (nSPS) is 75.5. The molecule has 9 unspecified atom stereocenters. The molecule has 1 N–H and O–H groups in total. The van der Waals surface area contributed by atoms with Crippen molar-refractivity contribution in [3.63, 3.8) is 0 Å². The largest absolute Gasteiger partial charge is 0.435 e. The van der Waals surface area contributed by atoms with Gasteiger partial charge in [0.05, 0.1) is 5.92 Å². The average Bonchev–Trinajstić information content (AvgIpc) is 3.17. The van der Waals surface area contributed by atoms with Crippen molar-refractivity contribution < 1.29 is 19.4 Å². The number of ketones is 1. The first-order valence-electron chi connectivity index (χ1n) is 6.64. The number of hydrogen-bond donors (Lipinski definition) is 1. The third kappa shape index (κ3) is 0.576. The summed E-state index contributed by atoms with van der Waals surface area (Å²) in [6, 6.07) is 0. The number of cyclic esters (lactones) is 1. The predicted octanol–water partition coefficient (Wildman–Crippen LogP) is -0.339. The minimum atomic E-state index is -0.891. The molecule has 1 heterocycles. The molecule has 0 amide bonds. The molecule has 1 aliphatic heterocycles. The molecule has 8 bridgehead atoms. The summed E-state index contributed by atoms with van der Waals surface area (Å²) in [5, 5.41) is 9.93. The molecule has 7 saturated carbocycles. The monoisotopic (exact) mass is 232 g/mol. The van der Waals surface area contributed by atoms with E-state index in [2.05, 4.69) is 0 Å². The van der Waals surface area contributed by atoms with E-state index in [0.717, 1.165) is 0 Å². The van der Waals surface area contributed by atoms with Gasteiger partial charge in [0.15, 0.2) is 0 Å². The van der Waals surface area contributed by atoms with E-state index in [-0.39, 0.29) is 29.6 Å². The van der Waals surface area contributed by atoms with Crippen molar-refractivity contribution in [3.8, 4) is 0 Å². The molecule has 0 aromatic heterocycles. The Balaban J connectivity index is 1.59. The van der Waals surface area contributed by atoms with E-state index in [4.69, 9.17) is 4.74 Å². The molecule has 4 nitrogen and oxygen atoms in total. The van der Waals surface area contributed by atoms with Crippen LogP contribution in [0.4, 0.5) is 0 Å². The molecule has 8 aliphatic rings. The molecule has 0 aromatic carbocycles. The van der Waals surface area contributed by atoms with Gasteiger partial charge in [-0.2, -0.15) is 0 Å². The molecule has 7 aliphatic carbocycles. The molecule has 8 rings (SSSR count). The highest BCUT2D eigenvalue weighted by molar-refractivity contribution is 5.94. The van der Waals surface area contributed by atoms with Crippen LogP contribution in [0.5, 0.6) is 0 Å². The number of carbonyl (C=O) groups is 2. The van der Waals surface area contributed by atoms with Crippen LogP contribution in [0.15, 0.2) is 0 Å². The third-order valence-corrected chi connectivity index (χ3v) is 6.81. The Bertz CT molecular complexity index is 488. The first-order chi connectivity index (χ1) is 8.22. The number of carbonyl (C=O) groups excluding carboxylic acids is 2. The van der Waals surface area contributed by atoms with Gasteiger partial charge in [-0.15, -0.1) is 0 Å². The number of aliphatic hydroxyl groups is 1. The molecular weight excluding hydrogens is 220 g/mol. The summed E-state index contributed by atoms with van der Waals surface area (Å²) < 4.78 is 5.04.